The number of rotatable bonds is 3. The largest absolute Gasteiger partial charge is 0.466 e. The third-order valence-corrected chi connectivity index (χ3v) is 4.96. The molecule has 0 unspecified atom stereocenters. The average Bonchev–Trinajstić information content (AvgIpc) is 3.02. The Morgan fingerprint density at radius 1 is 1.40 bits per heavy atom. The van der Waals surface area contributed by atoms with Crippen molar-refractivity contribution in [3.8, 4) is 0 Å². The van der Waals surface area contributed by atoms with E-state index in [1.807, 2.05) is 26.8 Å². The maximum atomic E-state index is 12.7. The SMILES string of the molecule is Cc1cc2c(o1)CC(C)(C)C[C@H]2NC(=O)N(C)Cc1c(C)noc1C. The number of carbonyl (C=O) groups is 1. The summed E-state index contributed by atoms with van der Waals surface area (Å²) in [5.41, 5.74) is 2.98. The summed E-state index contributed by atoms with van der Waals surface area (Å²) in [5.74, 6) is 2.64. The zero-order valence-corrected chi connectivity index (χ0v) is 15.9. The summed E-state index contributed by atoms with van der Waals surface area (Å²) in [6.07, 6.45) is 1.79. The van der Waals surface area contributed by atoms with E-state index in [4.69, 9.17) is 8.94 Å². The van der Waals surface area contributed by atoms with Crippen LogP contribution in [0.2, 0.25) is 0 Å². The number of aromatic nitrogens is 1. The van der Waals surface area contributed by atoms with Crippen molar-refractivity contribution in [2.24, 2.45) is 5.41 Å². The first-order valence-corrected chi connectivity index (χ1v) is 8.69. The van der Waals surface area contributed by atoms with Crippen LogP contribution in [0.25, 0.3) is 0 Å². The van der Waals surface area contributed by atoms with Gasteiger partial charge in [0.1, 0.15) is 17.3 Å². The fourth-order valence-corrected chi connectivity index (χ4v) is 3.61. The van der Waals surface area contributed by atoms with Gasteiger partial charge in [-0.15, -0.1) is 0 Å². The molecule has 0 radical (unpaired) electrons. The Morgan fingerprint density at radius 2 is 2.12 bits per heavy atom. The van der Waals surface area contributed by atoms with Gasteiger partial charge in [-0.05, 0) is 38.7 Å². The van der Waals surface area contributed by atoms with Gasteiger partial charge in [-0.25, -0.2) is 4.79 Å². The summed E-state index contributed by atoms with van der Waals surface area (Å²) in [5, 5.41) is 7.12. The lowest BCUT2D eigenvalue weighted by Gasteiger charge is -2.35. The summed E-state index contributed by atoms with van der Waals surface area (Å²) in [7, 11) is 1.79. The lowest BCUT2D eigenvalue weighted by molar-refractivity contribution is 0.188. The van der Waals surface area contributed by atoms with E-state index in [1.165, 1.54) is 0 Å². The number of fused-ring (bicyclic) bond motifs is 1. The molecule has 1 aliphatic carbocycles. The normalized spacial score (nSPS) is 18.7. The van der Waals surface area contributed by atoms with Crippen LogP contribution in [0.1, 0.15) is 60.4 Å². The van der Waals surface area contributed by atoms with Crippen LogP contribution in [0.5, 0.6) is 0 Å². The minimum absolute atomic E-state index is 0.0316. The van der Waals surface area contributed by atoms with E-state index in [-0.39, 0.29) is 17.5 Å². The zero-order valence-electron chi connectivity index (χ0n) is 15.9. The van der Waals surface area contributed by atoms with Crippen LogP contribution in [0.4, 0.5) is 4.79 Å². The topological polar surface area (TPSA) is 71.5 Å². The second-order valence-electron chi connectivity index (χ2n) is 7.94. The van der Waals surface area contributed by atoms with Crippen molar-refractivity contribution in [3.05, 3.63) is 40.2 Å². The third-order valence-electron chi connectivity index (χ3n) is 4.96. The Bertz CT molecular complexity index is 768. The van der Waals surface area contributed by atoms with Crippen LogP contribution in [-0.4, -0.2) is 23.1 Å². The molecule has 2 aromatic rings. The molecule has 6 heteroatoms. The summed E-state index contributed by atoms with van der Waals surface area (Å²) >= 11 is 0. The van der Waals surface area contributed by atoms with Gasteiger partial charge in [0, 0.05) is 24.6 Å². The molecule has 0 saturated heterocycles. The highest BCUT2D eigenvalue weighted by molar-refractivity contribution is 5.74. The molecule has 2 aromatic heterocycles. The summed E-state index contributed by atoms with van der Waals surface area (Å²) < 4.78 is 11.0. The summed E-state index contributed by atoms with van der Waals surface area (Å²) in [6.45, 7) is 10.6. The molecule has 6 nitrogen and oxygen atoms in total. The van der Waals surface area contributed by atoms with Crippen LogP contribution >= 0.6 is 0 Å². The Morgan fingerprint density at radius 3 is 2.76 bits per heavy atom. The Kier molecular flexibility index (Phi) is 4.39. The highest BCUT2D eigenvalue weighted by Crippen LogP contribution is 2.42. The maximum absolute atomic E-state index is 12.7. The van der Waals surface area contributed by atoms with E-state index in [9.17, 15) is 4.79 Å². The van der Waals surface area contributed by atoms with Crippen LogP contribution in [-0.2, 0) is 13.0 Å². The lowest BCUT2D eigenvalue weighted by atomic mass is 9.75. The second-order valence-corrected chi connectivity index (χ2v) is 7.94. The van der Waals surface area contributed by atoms with Gasteiger partial charge < -0.3 is 19.2 Å². The number of nitrogens with zero attached hydrogens (tertiary/aromatic N) is 2. The maximum Gasteiger partial charge on any atom is 0.317 e. The molecule has 2 heterocycles. The van der Waals surface area contributed by atoms with E-state index in [2.05, 4.69) is 24.3 Å². The number of urea groups is 1. The van der Waals surface area contributed by atoms with Gasteiger partial charge in [-0.2, -0.15) is 0 Å². The molecule has 0 aliphatic heterocycles. The fourth-order valence-electron chi connectivity index (χ4n) is 3.61. The van der Waals surface area contributed by atoms with Crippen LogP contribution in [0.3, 0.4) is 0 Å². The van der Waals surface area contributed by atoms with Crippen molar-refractivity contribution in [1.82, 2.24) is 15.4 Å². The molecule has 25 heavy (non-hydrogen) atoms. The van der Waals surface area contributed by atoms with Crippen molar-refractivity contribution in [2.45, 2.75) is 60.0 Å². The average molecular weight is 345 g/mol. The summed E-state index contributed by atoms with van der Waals surface area (Å²) in [4.78, 5) is 14.4. The van der Waals surface area contributed by atoms with Crippen molar-refractivity contribution in [2.75, 3.05) is 7.05 Å². The van der Waals surface area contributed by atoms with Crippen molar-refractivity contribution < 1.29 is 13.7 Å². The number of carbonyl (C=O) groups excluding carboxylic acids is 1. The van der Waals surface area contributed by atoms with E-state index in [0.29, 0.717) is 6.54 Å². The fraction of sp³-hybridized carbons (Fsp3) is 0.579. The van der Waals surface area contributed by atoms with E-state index in [1.54, 1.807) is 11.9 Å². The Hall–Kier alpha value is -2.24. The Balaban J connectivity index is 1.74. The molecule has 0 saturated carbocycles. The van der Waals surface area contributed by atoms with E-state index >= 15 is 0 Å². The molecule has 3 rings (SSSR count). The second kappa shape index (κ2) is 6.24. The third kappa shape index (κ3) is 3.57. The lowest BCUT2D eigenvalue weighted by Crippen LogP contribution is -2.42. The predicted molar refractivity (Wildman–Crippen MR) is 94.3 cm³/mol. The molecule has 1 N–H and O–H groups in total. The van der Waals surface area contributed by atoms with Gasteiger partial charge >= 0.3 is 6.03 Å². The molecule has 2 amide bonds. The van der Waals surface area contributed by atoms with Gasteiger partial charge in [0.25, 0.3) is 0 Å². The number of furan rings is 1. The first-order valence-electron chi connectivity index (χ1n) is 8.69. The minimum atomic E-state index is -0.104. The standard InChI is InChI=1S/C19H27N3O3/c1-11-7-14-16(8-19(4,5)9-17(14)24-11)20-18(23)22(6)10-15-12(2)21-25-13(15)3/h7,16H,8-10H2,1-6H3,(H,20,23)/t16-/m1/s1. The van der Waals surface area contributed by atoms with Crippen molar-refractivity contribution in [3.63, 3.8) is 0 Å². The van der Waals surface area contributed by atoms with Crippen molar-refractivity contribution >= 4 is 6.03 Å². The monoisotopic (exact) mass is 345 g/mol. The highest BCUT2D eigenvalue weighted by atomic mass is 16.5. The van der Waals surface area contributed by atoms with Gasteiger partial charge in [0.15, 0.2) is 0 Å². The van der Waals surface area contributed by atoms with E-state index < -0.39 is 0 Å². The predicted octanol–water partition coefficient (Wildman–Crippen LogP) is 4.05. The first-order chi connectivity index (χ1) is 11.7. The molecule has 136 valence electrons. The number of aryl methyl sites for hydroxylation is 3. The quantitative estimate of drug-likeness (QED) is 0.911. The molecule has 0 aromatic carbocycles. The van der Waals surface area contributed by atoms with E-state index in [0.717, 1.165) is 46.9 Å². The highest BCUT2D eigenvalue weighted by Gasteiger charge is 2.36. The van der Waals surface area contributed by atoms with Crippen molar-refractivity contribution in [1.29, 1.82) is 0 Å². The smallest absolute Gasteiger partial charge is 0.317 e. The van der Waals surface area contributed by atoms with Crippen LogP contribution in [0, 0.1) is 26.2 Å². The van der Waals surface area contributed by atoms with Crippen LogP contribution < -0.4 is 5.32 Å². The Labute approximate surface area is 148 Å². The summed E-state index contributed by atoms with van der Waals surface area (Å²) in [6, 6.07) is 1.91. The van der Waals surface area contributed by atoms with Gasteiger partial charge in [0.05, 0.1) is 18.3 Å². The number of hydrogen-bond acceptors (Lipinski definition) is 4. The van der Waals surface area contributed by atoms with Gasteiger partial charge in [0.2, 0.25) is 0 Å². The molecule has 0 spiro atoms. The number of hydrogen-bond donors (Lipinski definition) is 1. The minimum Gasteiger partial charge on any atom is -0.466 e. The van der Waals surface area contributed by atoms with Gasteiger partial charge in [-0.1, -0.05) is 19.0 Å². The molecular weight excluding hydrogens is 318 g/mol. The number of amides is 2. The molecule has 0 bridgehead atoms. The molecule has 1 aliphatic rings. The molecular formula is C19H27N3O3. The van der Waals surface area contributed by atoms with Gasteiger partial charge in [-0.3, -0.25) is 0 Å². The zero-order chi connectivity index (χ0) is 18.4. The van der Waals surface area contributed by atoms with Crippen LogP contribution in [0.15, 0.2) is 15.0 Å². The molecule has 1 atom stereocenters. The molecule has 0 fully saturated rings. The first kappa shape index (κ1) is 17.6. The number of nitrogens with one attached hydrogen (secondary N) is 1.